The number of hydrogen-bond acceptors (Lipinski definition) is 4. The molecule has 0 aliphatic carbocycles. The molecular formula is C15H14O4. The van der Waals surface area contributed by atoms with Gasteiger partial charge in [0.05, 0.1) is 0 Å². The Hall–Kier alpha value is -2.36. The van der Waals surface area contributed by atoms with E-state index in [1.54, 1.807) is 0 Å². The van der Waals surface area contributed by atoms with E-state index in [2.05, 4.69) is 0 Å². The number of phenolic OH excluding ortho intramolecular Hbond substituents is 3. The highest BCUT2D eigenvalue weighted by Crippen LogP contribution is 2.48. The number of phenols is 3. The van der Waals surface area contributed by atoms with Gasteiger partial charge >= 0.3 is 0 Å². The summed E-state index contributed by atoms with van der Waals surface area (Å²) in [5, 5.41) is 29.0. The summed E-state index contributed by atoms with van der Waals surface area (Å²) in [4.78, 5) is 0. The van der Waals surface area contributed by atoms with Crippen molar-refractivity contribution < 1.29 is 20.1 Å². The second kappa shape index (κ2) is 4.09. The number of fused-ring (bicyclic) bond motifs is 2. The van der Waals surface area contributed by atoms with Gasteiger partial charge in [-0.1, -0.05) is 17.7 Å². The fraction of sp³-hybridized carbons (Fsp3) is 0.200. The Kier molecular flexibility index (Phi) is 2.52. The van der Waals surface area contributed by atoms with Gasteiger partial charge in [0.15, 0.2) is 11.5 Å². The van der Waals surface area contributed by atoms with Crippen LogP contribution in [-0.4, -0.2) is 15.3 Å². The highest BCUT2D eigenvalue weighted by molar-refractivity contribution is 5.63. The molecule has 0 aromatic heterocycles. The van der Waals surface area contributed by atoms with Crippen molar-refractivity contribution in [3.63, 3.8) is 0 Å². The van der Waals surface area contributed by atoms with E-state index in [4.69, 9.17) is 4.74 Å². The summed E-state index contributed by atoms with van der Waals surface area (Å²) in [5.41, 5.74) is 2.87. The summed E-state index contributed by atoms with van der Waals surface area (Å²) in [5.74, 6) is -0.401. The molecule has 0 fully saturated rings. The van der Waals surface area contributed by atoms with Crippen LogP contribution < -0.4 is 4.74 Å². The lowest BCUT2D eigenvalue weighted by molar-refractivity contribution is 0.348. The van der Waals surface area contributed by atoms with Gasteiger partial charge in [0.2, 0.25) is 11.5 Å². The first-order valence-corrected chi connectivity index (χ1v) is 6.10. The van der Waals surface area contributed by atoms with E-state index >= 15 is 0 Å². The van der Waals surface area contributed by atoms with Crippen LogP contribution in [0, 0.1) is 6.92 Å². The SMILES string of the molecule is Cc1ccc2c(c1)CCc1cc(O)c(O)c(O)c1O2. The van der Waals surface area contributed by atoms with Gasteiger partial charge < -0.3 is 20.1 Å². The Balaban J connectivity index is 2.15. The van der Waals surface area contributed by atoms with Crippen LogP contribution in [0.4, 0.5) is 0 Å². The van der Waals surface area contributed by atoms with E-state index in [9.17, 15) is 15.3 Å². The zero-order valence-electron chi connectivity index (χ0n) is 10.5. The number of aryl methyl sites for hydroxylation is 3. The standard InChI is InChI=1S/C15H14O4/c1-8-2-5-12-9(6-8)3-4-10-7-11(16)13(17)14(18)15(10)19-12/h2,5-7,16-18H,3-4H2,1H3. The van der Waals surface area contributed by atoms with Crippen LogP contribution in [0.2, 0.25) is 0 Å². The van der Waals surface area contributed by atoms with Gasteiger partial charge in [0.25, 0.3) is 0 Å². The van der Waals surface area contributed by atoms with E-state index in [-0.39, 0.29) is 11.5 Å². The monoisotopic (exact) mass is 258 g/mol. The number of aromatic hydroxyl groups is 3. The van der Waals surface area contributed by atoms with Crippen LogP contribution in [0.3, 0.4) is 0 Å². The fourth-order valence-electron chi connectivity index (χ4n) is 2.36. The molecule has 4 heteroatoms. The lowest BCUT2D eigenvalue weighted by atomic mass is 10.0. The summed E-state index contributed by atoms with van der Waals surface area (Å²) in [7, 11) is 0. The second-order valence-corrected chi connectivity index (χ2v) is 4.79. The highest BCUT2D eigenvalue weighted by Gasteiger charge is 2.22. The van der Waals surface area contributed by atoms with Crippen LogP contribution in [-0.2, 0) is 12.8 Å². The minimum Gasteiger partial charge on any atom is -0.504 e. The molecule has 4 nitrogen and oxygen atoms in total. The third kappa shape index (κ3) is 1.85. The van der Waals surface area contributed by atoms with Gasteiger partial charge in [-0.05, 0) is 37.5 Å². The van der Waals surface area contributed by atoms with E-state index in [0.29, 0.717) is 17.7 Å². The predicted molar refractivity (Wildman–Crippen MR) is 70.1 cm³/mol. The Morgan fingerprint density at radius 3 is 2.47 bits per heavy atom. The largest absolute Gasteiger partial charge is 0.504 e. The van der Waals surface area contributed by atoms with Crippen molar-refractivity contribution in [2.45, 2.75) is 19.8 Å². The van der Waals surface area contributed by atoms with Crippen molar-refractivity contribution in [2.24, 2.45) is 0 Å². The second-order valence-electron chi connectivity index (χ2n) is 4.79. The molecule has 0 saturated heterocycles. The fourth-order valence-corrected chi connectivity index (χ4v) is 2.36. The Morgan fingerprint density at radius 1 is 0.947 bits per heavy atom. The molecule has 0 bridgehead atoms. The molecule has 3 rings (SSSR count). The Morgan fingerprint density at radius 2 is 1.68 bits per heavy atom. The van der Waals surface area contributed by atoms with Gasteiger partial charge in [-0.3, -0.25) is 0 Å². The van der Waals surface area contributed by atoms with Crippen molar-refractivity contribution in [2.75, 3.05) is 0 Å². The molecule has 0 atom stereocenters. The number of rotatable bonds is 0. The smallest absolute Gasteiger partial charge is 0.205 e. The molecular weight excluding hydrogens is 244 g/mol. The lowest BCUT2D eigenvalue weighted by Crippen LogP contribution is -1.90. The minimum atomic E-state index is -0.547. The molecule has 0 spiro atoms. The molecule has 0 amide bonds. The summed E-state index contributed by atoms with van der Waals surface area (Å²) in [6.45, 7) is 2.01. The molecule has 3 N–H and O–H groups in total. The van der Waals surface area contributed by atoms with Crippen molar-refractivity contribution in [3.05, 3.63) is 41.0 Å². The maximum absolute atomic E-state index is 9.89. The molecule has 1 heterocycles. The van der Waals surface area contributed by atoms with Gasteiger partial charge in [0, 0.05) is 5.56 Å². The quantitative estimate of drug-likeness (QED) is 0.635. The molecule has 2 aromatic rings. The van der Waals surface area contributed by atoms with E-state index < -0.39 is 11.5 Å². The lowest BCUT2D eigenvalue weighted by Gasteiger charge is -2.12. The van der Waals surface area contributed by atoms with Crippen LogP contribution >= 0.6 is 0 Å². The van der Waals surface area contributed by atoms with Gasteiger partial charge in [-0.25, -0.2) is 0 Å². The van der Waals surface area contributed by atoms with E-state index in [1.165, 1.54) is 6.07 Å². The maximum Gasteiger partial charge on any atom is 0.205 e. The summed E-state index contributed by atoms with van der Waals surface area (Å²) in [6, 6.07) is 7.26. The number of ether oxygens (including phenoxy) is 1. The highest BCUT2D eigenvalue weighted by atomic mass is 16.5. The van der Waals surface area contributed by atoms with Crippen molar-refractivity contribution in [3.8, 4) is 28.7 Å². The molecule has 0 saturated carbocycles. The first-order chi connectivity index (χ1) is 9.06. The van der Waals surface area contributed by atoms with Crippen molar-refractivity contribution in [1.82, 2.24) is 0 Å². The molecule has 98 valence electrons. The molecule has 0 radical (unpaired) electrons. The third-order valence-corrected chi connectivity index (χ3v) is 3.38. The van der Waals surface area contributed by atoms with Crippen LogP contribution in [0.5, 0.6) is 28.7 Å². The summed E-state index contributed by atoms with van der Waals surface area (Å²) >= 11 is 0. The van der Waals surface area contributed by atoms with Gasteiger partial charge in [0.1, 0.15) is 5.75 Å². The Bertz CT molecular complexity index is 662. The zero-order chi connectivity index (χ0) is 13.6. The van der Waals surface area contributed by atoms with Crippen molar-refractivity contribution >= 4 is 0 Å². The van der Waals surface area contributed by atoms with Crippen LogP contribution in [0.1, 0.15) is 16.7 Å². The van der Waals surface area contributed by atoms with Crippen molar-refractivity contribution in [1.29, 1.82) is 0 Å². The number of hydrogen-bond donors (Lipinski definition) is 3. The van der Waals surface area contributed by atoms with Crippen LogP contribution in [0.25, 0.3) is 0 Å². The Labute approximate surface area is 110 Å². The zero-order valence-corrected chi connectivity index (χ0v) is 10.5. The maximum atomic E-state index is 9.89. The van der Waals surface area contributed by atoms with Crippen LogP contribution in [0.15, 0.2) is 24.3 Å². The summed E-state index contributed by atoms with van der Waals surface area (Å²) < 4.78 is 5.70. The third-order valence-electron chi connectivity index (χ3n) is 3.38. The number of benzene rings is 2. The molecule has 1 aliphatic rings. The molecule has 19 heavy (non-hydrogen) atoms. The average molecular weight is 258 g/mol. The average Bonchev–Trinajstić information content (AvgIpc) is 2.56. The normalized spacial score (nSPS) is 13.1. The minimum absolute atomic E-state index is 0.220. The molecule has 0 unspecified atom stereocenters. The van der Waals surface area contributed by atoms with E-state index in [1.807, 2.05) is 25.1 Å². The molecule has 1 aliphatic heterocycles. The summed E-state index contributed by atoms with van der Waals surface area (Å²) in [6.07, 6.45) is 1.39. The predicted octanol–water partition coefficient (Wildman–Crippen LogP) is 3.00. The van der Waals surface area contributed by atoms with E-state index in [0.717, 1.165) is 17.5 Å². The topological polar surface area (TPSA) is 69.9 Å². The molecule has 2 aromatic carbocycles. The first kappa shape index (κ1) is 11.7. The van der Waals surface area contributed by atoms with Gasteiger partial charge in [-0.2, -0.15) is 0 Å². The first-order valence-electron chi connectivity index (χ1n) is 6.10. The van der Waals surface area contributed by atoms with Gasteiger partial charge in [-0.15, -0.1) is 0 Å².